The van der Waals surface area contributed by atoms with Crippen LogP contribution >= 0.6 is 0 Å². The number of alkyl halides is 2. The number of rotatable bonds is 9. The second-order valence-corrected chi connectivity index (χ2v) is 6.32. The largest absolute Gasteiger partial charge is 0.493 e. The highest BCUT2D eigenvalue weighted by Gasteiger charge is 2.26. The lowest BCUT2D eigenvalue weighted by atomic mass is 10.0. The minimum absolute atomic E-state index is 0.277. The van der Waals surface area contributed by atoms with Gasteiger partial charge in [0.1, 0.15) is 5.56 Å². The van der Waals surface area contributed by atoms with Crippen molar-refractivity contribution < 1.29 is 36.8 Å². The Balaban J connectivity index is 2.15. The van der Waals surface area contributed by atoms with Crippen LogP contribution in [0.5, 0.6) is 11.5 Å². The van der Waals surface area contributed by atoms with Crippen LogP contribution in [0.4, 0.5) is 23.2 Å². The Labute approximate surface area is 168 Å². The zero-order valence-electron chi connectivity index (χ0n) is 16.0. The number of methoxy groups -OCH3 is 1. The number of carbonyl (C=O) groups excluding carboxylic acids is 1. The molecule has 0 aliphatic rings. The number of amides is 1. The lowest BCUT2D eigenvalue weighted by Crippen LogP contribution is -2.33. The Kier molecular flexibility index (Phi) is 7.56. The average molecular weight is 430 g/mol. The standard InChI is InChI=1S/C19H18F4N2O5/c1-10(3-4-11-5-6-13(20)14(21)7-11)24-18(26)12-8-16(29-2)17(30-19(22)23)9-15(12)25(27)28/h5-10,19H,3-4H2,1-2H3,(H,24,26). The van der Waals surface area contributed by atoms with Crippen molar-refractivity contribution in [3.05, 3.63) is 63.2 Å². The van der Waals surface area contributed by atoms with Crippen molar-refractivity contribution in [1.82, 2.24) is 5.32 Å². The third-order valence-electron chi connectivity index (χ3n) is 4.17. The first-order valence-electron chi connectivity index (χ1n) is 8.68. The first-order chi connectivity index (χ1) is 14.1. The number of nitro groups is 1. The molecule has 0 fully saturated rings. The van der Waals surface area contributed by atoms with E-state index in [1.165, 1.54) is 6.07 Å². The van der Waals surface area contributed by atoms with Gasteiger partial charge in [-0.3, -0.25) is 14.9 Å². The predicted molar refractivity (Wildman–Crippen MR) is 97.9 cm³/mol. The maximum atomic E-state index is 13.3. The molecule has 1 atom stereocenters. The van der Waals surface area contributed by atoms with Gasteiger partial charge in [-0.25, -0.2) is 8.78 Å². The number of ether oxygens (including phenoxy) is 2. The molecule has 7 nitrogen and oxygen atoms in total. The van der Waals surface area contributed by atoms with Crippen LogP contribution in [0.1, 0.15) is 29.3 Å². The number of hydrogen-bond acceptors (Lipinski definition) is 5. The van der Waals surface area contributed by atoms with Crippen LogP contribution < -0.4 is 14.8 Å². The van der Waals surface area contributed by atoms with Gasteiger partial charge in [-0.05, 0) is 37.5 Å². The number of hydrogen-bond donors (Lipinski definition) is 1. The molecule has 0 bridgehead atoms. The molecule has 2 aromatic rings. The molecule has 0 aliphatic heterocycles. The maximum Gasteiger partial charge on any atom is 0.387 e. The van der Waals surface area contributed by atoms with Crippen molar-refractivity contribution in [2.75, 3.05) is 7.11 Å². The van der Waals surface area contributed by atoms with Gasteiger partial charge in [-0.1, -0.05) is 6.07 Å². The monoisotopic (exact) mass is 430 g/mol. The van der Waals surface area contributed by atoms with Gasteiger partial charge in [-0.15, -0.1) is 0 Å². The average Bonchev–Trinajstić information content (AvgIpc) is 2.67. The summed E-state index contributed by atoms with van der Waals surface area (Å²) in [5.74, 6) is -3.65. The molecular formula is C19H18F4N2O5. The predicted octanol–water partition coefficient (Wildman–Crippen LogP) is 4.23. The van der Waals surface area contributed by atoms with Gasteiger partial charge < -0.3 is 14.8 Å². The molecule has 0 aromatic heterocycles. The molecule has 11 heteroatoms. The smallest absolute Gasteiger partial charge is 0.387 e. The summed E-state index contributed by atoms with van der Waals surface area (Å²) in [4.78, 5) is 22.9. The fraction of sp³-hybridized carbons (Fsp3) is 0.316. The Morgan fingerprint density at radius 2 is 1.87 bits per heavy atom. The van der Waals surface area contributed by atoms with Crippen molar-refractivity contribution in [2.24, 2.45) is 0 Å². The summed E-state index contributed by atoms with van der Waals surface area (Å²) in [7, 11) is 1.13. The van der Waals surface area contributed by atoms with Crippen molar-refractivity contribution in [1.29, 1.82) is 0 Å². The summed E-state index contributed by atoms with van der Waals surface area (Å²) < 4.78 is 60.3. The summed E-state index contributed by atoms with van der Waals surface area (Å²) in [5, 5.41) is 13.8. The van der Waals surface area contributed by atoms with Crippen molar-refractivity contribution in [2.45, 2.75) is 32.4 Å². The van der Waals surface area contributed by atoms with Crippen LogP contribution in [0, 0.1) is 21.7 Å². The number of nitrogens with one attached hydrogen (secondary N) is 1. The zero-order valence-corrected chi connectivity index (χ0v) is 16.0. The summed E-state index contributed by atoms with van der Waals surface area (Å²) in [6.07, 6.45) is 0.638. The molecule has 30 heavy (non-hydrogen) atoms. The van der Waals surface area contributed by atoms with Gasteiger partial charge in [-0.2, -0.15) is 8.78 Å². The molecule has 0 aliphatic carbocycles. The van der Waals surface area contributed by atoms with Gasteiger partial charge >= 0.3 is 6.61 Å². The summed E-state index contributed by atoms with van der Waals surface area (Å²) in [6.45, 7) is -1.62. The number of halogens is 4. The number of nitro benzene ring substituents is 1. The van der Waals surface area contributed by atoms with Gasteiger partial charge in [0, 0.05) is 12.1 Å². The Morgan fingerprint density at radius 3 is 2.43 bits per heavy atom. The highest BCUT2D eigenvalue weighted by Crippen LogP contribution is 2.35. The van der Waals surface area contributed by atoms with Crippen LogP contribution in [0.25, 0.3) is 0 Å². The van der Waals surface area contributed by atoms with E-state index in [4.69, 9.17) is 4.74 Å². The van der Waals surface area contributed by atoms with Crippen LogP contribution in [-0.2, 0) is 6.42 Å². The SMILES string of the molecule is COc1cc(C(=O)NC(C)CCc2ccc(F)c(F)c2)c([N+](=O)[O-])cc1OC(F)F. The third-order valence-corrected chi connectivity index (χ3v) is 4.17. The van der Waals surface area contributed by atoms with Gasteiger partial charge in [0.15, 0.2) is 23.1 Å². The van der Waals surface area contributed by atoms with E-state index in [2.05, 4.69) is 10.1 Å². The van der Waals surface area contributed by atoms with Gasteiger partial charge in [0.05, 0.1) is 18.1 Å². The van der Waals surface area contributed by atoms with E-state index in [-0.39, 0.29) is 5.75 Å². The molecule has 2 aromatic carbocycles. The number of nitrogens with zero attached hydrogens (tertiary/aromatic N) is 1. The van der Waals surface area contributed by atoms with Crippen LogP contribution in [0.3, 0.4) is 0 Å². The molecule has 1 amide bonds. The summed E-state index contributed by atoms with van der Waals surface area (Å²) in [6, 6.07) is 4.57. The minimum Gasteiger partial charge on any atom is -0.493 e. The van der Waals surface area contributed by atoms with E-state index >= 15 is 0 Å². The lowest BCUT2D eigenvalue weighted by molar-refractivity contribution is -0.385. The van der Waals surface area contributed by atoms with Gasteiger partial charge in [0.2, 0.25) is 0 Å². The van der Waals surface area contributed by atoms with E-state index in [1.807, 2.05) is 0 Å². The highest BCUT2D eigenvalue weighted by atomic mass is 19.3. The van der Waals surface area contributed by atoms with Crippen molar-refractivity contribution in [3.8, 4) is 11.5 Å². The van der Waals surface area contributed by atoms with E-state index in [0.29, 0.717) is 24.5 Å². The quantitative estimate of drug-likeness (QED) is 0.365. The lowest BCUT2D eigenvalue weighted by Gasteiger charge is -2.16. The molecule has 1 N–H and O–H groups in total. The fourth-order valence-electron chi connectivity index (χ4n) is 2.68. The van der Waals surface area contributed by atoms with Gasteiger partial charge in [0.25, 0.3) is 11.6 Å². The summed E-state index contributed by atoms with van der Waals surface area (Å²) in [5.41, 5.74) is -0.633. The highest BCUT2D eigenvalue weighted by molar-refractivity contribution is 5.99. The second kappa shape index (κ2) is 9.90. The van der Waals surface area contributed by atoms with Crippen molar-refractivity contribution in [3.63, 3.8) is 0 Å². The number of carbonyl (C=O) groups is 1. The Hall–Kier alpha value is -3.37. The molecule has 0 heterocycles. The molecular weight excluding hydrogens is 412 g/mol. The zero-order chi connectivity index (χ0) is 22.4. The Bertz CT molecular complexity index is 939. The van der Waals surface area contributed by atoms with Crippen LogP contribution in [0.2, 0.25) is 0 Å². The number of benzene rings is 2. The first-order valence-corrected chi connectivity index (χ1v) is 8.68. The van der Waals surface area contributed by atoms with E-state index < -0.39 is 52.1 Å². The van der Waals surface area contributed by atoms with E-state index in [9.17, 15) is 32.5 Å². The topological polar surface area (TPSA) is 90.7 Å². The molecule has 162 valence electrons. The fourth-order valence-corrected chi connectivity index (χ4v) is 2.68. The normalized spacial score (nSPS) is 11.8. The van der Waals surface area contributed by atoms with Crippen LogP contribution in [-0.4, -0.2) is 30.6 Å². The van der Waals surface area contributed by atoms with Crippen molar-refractivity contribution >= 4 is 11.6 Å². The molecule has 0 saturated carbocycles. The molecule has 0 spiro atoms. The third kappa shape index (κ3) is 5.82. The van der Waals surface area contributed by atoms with E-state index in [0.717, 1.165) is 25.3 Å². The maximum absolute atomic E-state index is 13.3. The Morgan fingerprint density at radius 1 is 1.17 bits per heavy atom. The van der Waals surface area contributed by atoms with Crippen LogP contribution in [0.15, 0.2) is 30.3 Å². The molecule has 0 radical (unpaired) electrons. The number of aryl methyl sites for hydroxylation is 1. The minimum atomic E-state index is -3.24. The molecule has 0 saturated heterocycles. The van der Waals surface area contributed by atoms with E-state index in [1.54, 1.807) is 6.92 Å². The molecule has 1 unspecified atom stereocenters. The first kappa shape index (κ1) is 22.9. The summed E-state index contributed by atoms with van der Waals surface area (Å²) >= 11 is 0. The second-order valence-electron chi connectivity index (χ2n) is 6.32. The molecule has 2 rings (SSSR count).